The van der Waals surface area contributed by atoms with Crippen LogP contribution in [0.25, 0.3) is 6.08 Å². The molecule has 0 saturated carbocycles. The number of carbonyl (C=O) groups is 1. The summed E-state index contributed by atoms with van der Waals surface area (Å²) < 4.78 is 7.36. The number of rotatable bonds is 16. The van der Waals surface area contributed by atoms with Crippen LogP contribution < -0.4 is 0 Å². The topological polar surface area (TPSA) is 82.5 Å². The molecule has 1 N–H and O–H groups in total. The average Bonchev–Trinajstić information content (AvgIpc) is 3.81. The number of nitrogens with zero attached hydrogens (tertiary/aromatic N) is 6. The molecule has 9 nitrogen and oxygen atoms in total. The molecule has 45 heavy (non-hydrogen) atoms. The third kappa shape index (κ3) is 9.37. The molecule has 5 rings (SSSR count). The van der Waals surface area contributed by atoms with Crippen molar-refractivity contribution >= 4 is 12.0 Å². The van der Waals surface area contributed by atoms with Crippen LogP contribution in [0.15, 0.2) is 55.1 Å². The Labute approximate surface area is 269 Å². The standard InChI is InChI=1S/C36H53N7O2/c1-4-32(5-2)42-22-14-36(15-23-42)13-21-40(29-36)19-8-20-43-24-18-39-34(43)28-41(27-33-37-16-17-38-33)26-31-10-7-9-30(25-31)11-12-35(44)45-6-3/h7,9-12,16-18,24-25,32H,4-6,8,13-15,19-23,26-29H2,1-3H3,(H,37,38). The van der Waals surface area contributed by atoms with Crippen molar-refractivity contribution in [2.45, 2.75) is 91.5 Å². The van der Waals surface area contributed by atoms with Gasteiger partial charge in [0.05, 0.1) is 19.7 Å². The largest absolute Gasteiger partial charge is 0.463 e. The zero-order chi connectivity index (χ0) is 31.5. The van der Waals surface area contributed by atoms with Gasteiger partial charge in [-0.1, -0.05) is 38.1 Å². The van der Waals surface area contributed by atoms with Crippen molar-refractivity contribution in [1.29, 1.82) is 0 Å². The second-order valence-corrected chi connectivity index (χ2v) is 12.9. The molecule has 1 spiro atoms. The summed E-state index contributed by atoms with van der Waals surface area (Å²) in [6, 6.07) is 9.05. The minimum absolute atomic E-state index is 0.323. The van der Waals surface area contributed by atoms with Crippen molar-refractivity contribution in [3.8, 4) is 0 Å². The Morgan fingerprint density at radius 2 is 1.87 bits per heavy atom. The maximum Gasteiger partial charge on any atom is 0.330 e. The van der Waals surface area contributed by atoms with Crippen LogP contribution in [0.1, 0.15) is 82.1 Å². The molecular formula is C36H53N7O2. The Kier molecular flexibility index (Phi) is 12.0. The van der Waals surface area contributed by atoms with Crippen LogP contribution in [0.3, 0.4) is 0 Å². The van der Waals surface area contributed by atoms with Gasteiger partial charge in [-0.3, -0.25) is 4.90 Å². The normalized spacial score (nSPS) is 17.4. The molecule has 2 fully saturated rings. The molecule has 0 aliphatic carbocycles. The van der Waals surface area contributed by atoms with Gasteiger partial charge < -0.3 is 24.1 Å². The predicted octanol–water partition coefficient (Wildman–Crippen LogP) is 5.75. The lowest BCUT2D eigenvalue weighted by atomic mass is 9.77. The molecule has 244 valence electrons. The van der Waals surface area contributed by atoms with Gasteiger partial charge in [0.15, 0.2) is 0 Å². The number of aryl methyl sites for hydroxylation is 1. The first-order chi connectivity index (χ1) is 22.0. The minimum atomic E-state index is -0.323. The smallest absolute Gasteiger partial charge is 0.330 e. The van der Waals surface area contributed by atoms with Crippen molar-refractivity contribution in [1.82, 2.24) is 34.2 Å². The number of H-pyrrole nitrogens is 1. The van der Waals surface area contributed by atoms with E-state index in [0.29, 0.717) is 18.6 Å². The Bertz CT molecular complexity index is 1340. The van der Waals surface area contributed by atoms with E-state index in [2.05, 4.69) is 61.4 Å². The van der Waals surface area contributed by atoms with Crippen LogP contribution in [-0.2, 0) is 35.7 Å². The molecule has 4 heterocycles. The van der Waals surface area contributed by atoms with Gasteiger partial charge in [-0.05, 0) is 94.2 Å². The first kappa shape index (κ1) is 33.1. The van der Waals surface area contributed by atoms with E-state index in [1.54, 1.807) is 6.20 Å². The lowest BCUT2D eigenvalue weighted by Gasteiger charge is -2.42. The van der Waals surface area contributed by atoms with E-state index in [9.17, 15) is 4.79 Å². The fourth-order valence-corrected chi connectivity index (χ4v) is 7.33. The van der Waals surface area contributed by atoms with E-state index < -0.39 is 0 Å². The average molecular weight is 616 g/mol. The Morgan fingerprint density at radius 1 is 1.04 bits per heavy atom. The number of hydrogen-bond donors (Lipinski definition) is 1. The van der Waals surface area contributed by atoms with Gasteiger partial charge in [0.2, 0.25) is 0 Å². The highest BCUT2D eigenvalue weighted by Crippen LogP contribution is 2.41. The molecule has 9 heteroatoms. The summed E-state index contributed by atoms with van der Waals surface area (Å²) in [4.78, 5) is 32.2. The highest BCUT2D eigenvalue weighted by atomic mass is 16.5. The molecule has 3 aromatic rings. The zero-order valence-corrected chi connectivity index (χ0v) is 27.7. The van der Waals surface area contributed by atoms with Gasteiger partial charge in [0.25, 0.3) is 0 Å². The van der Waals surface area contributed by atoms with Crippen LogP contribution >= 0.6 is 0 Å². The molecular weight excluding hydrogens is 562 g/mol. The summed E-state index contributed by atoms with van der Waals surface area (Å²) in [6.07, 6.45) is 18.8. The number of likely N-dealkylation sites (tertiary alicyclic amines) is 2. The summed E-state index contributed by atoms with van der Waals surface area (Å²) in [7, 11) is 0. The maximum absolute atomic E-state index is 11.8. The number of hydrogen-bond acceptors (Lipinski definition) is 7. The number of aromatic nitrogens is 4. The van der Waals surface area contributed by atoms with Crippen LogP contribution in [0.5, 0.6) is 0 Å². The zero-order valence-electron chi connectivity index (χ0n) is 27.7. The number of benzene rings is 1. The van der Waals surface area contributed by atoms with Crippen LogP contribution in [0, 0.1) is 5.41 Å². The number of nitrogens with one attached hydrogen (secondary N) is 1. The fraction of sp³-hybridized carbons (Fsp3) is 0.583. The fourth-order valence-electron chi connectivity index (χ4n) is 7.33. The summed E-state index contributed by atoms with van der Waals surface area (Å²) in [5.41, 5.74) is 2.68. The quantitative estimate of drug-likeness (QED) is 0.162. The van der Waals surface area contributed by atoms with Gasteiger partial charge in [0.1, 0.15) is 11.6 Å². The number of aromatic amines is 1. The number of imidazole rings is 2. The molecule has 0 radical (unpaired) electrons. The SMILES string of the molecule is CCOC(=O)C=Cc1cccc(CN(Cc2ncc[nH]2)Cc2nccn2CCCN2CCC3(CCN(C(CC)CC)CC3)C2)c1. The van der Waals surface area contributed by atoms with Crippen molar-refractivity contribution in [2.24, 2.45) is 5.41 Å². The number of ether oxygens (including phenoxy) is 1. The van der Waals surface area contributed by atoms with Gasteiger partial charge >= 0.3 is 5.97 Å². The van der Waals surface area contributed by atoms with E-state index in [-0.39, 0.29) is 5.97 Å². The van der Waals surface area contributed by atoms with Crippen LogP contribution in [-0.4, -0.2) is 85.6 Å². The van der Waals surface area contributed by atoms with E-state index >= 15 is 0 Å². The van der Waals surface area contributed by atoms with E-state index in [1.807, 2.05) is 37.5 Å². The minimum Gasteiger partial charge on any atom is -0.463 e. The Morgan fingerprint density at radius 3 is 2.62 bits per heavy atom. The number of piperidine rings is 1. The molecule has 2 aromatic heterocycles. The Hall–Kier alpha value is -3.27. The summed E-state index contributed by atoms with van der Waals surface area (Å²) in [5, 5.41) is 0. The van der Waals surface area contributed by atoms with Crippen molar-refractivity contribution in [3.05, 3.63) is 77.9 Å². The molecule has 0 atom stereocenters. The third-order valence-electron chi connectivity index (χ3n) is 9.86. The monoisotopic (exact) mass is 615 g/mol. The van der Waals surface area contributed by atoms with Crippen molar-refractivity contribution in [3.63, 3.8) is 0 Å². The summed E-state index contributed by atoms with van der Waals surface area (Å²) in [6.45, 7) is 16.2. The van der Waals surface area contributed by atoms with Crippen LogP contribution in [0.2, 0.25) is 0 Å². The van der Waals surface area contributed by atoms with E-state index in [1.165, 1.54) is 69.9 Å². The molecule has 2 aliphatic rings. The molecule has 2 saturated heterocycles. The highest BCUT2D eigenvalue weighted by molar-refractivity contribution is 5.87. The van der Waals surface area contributed by atoms with Gasteiger partial charge in [-0.25, -0.2) is 14.8 Å². The number of esters is 1. The van der Waals surface area contributed by atoms with E-state index in [4.69, 9.17) is 9.72 Å². The third-order valence-corrected chi connectivity index (χ3v) is 9.86. The lowest BCUT2D eigenvalue weighted by molar-refractivity contribution is -0.137. The molecule has 0 amide bonds. The van der Waals surface area contributed by atoms with Crippen molar-refractivity contribution < 1.29 is 9.53 Å². The molecule has 0 bridgehead atoms. The van der Waals surface area contributed by atoms with Crippen LogP contribution in [0.4, 0.5) is 0 Å². The Balaban J connectivity index is 1.15. The number of carbonyl (C=O) groups excluding carboxylic acids is 1. The molecule has 2 aliphatic heterocycles. The lowest BCUT2D eigenvalue weighted by Crippen LogP contribution is -2.45. The second kappa shape index (κ2) is 16.3. The highest BCUT2D eigenvalue weighted by Gasteiger charge is 2.40. The predicted molar refractivity (Wildman–Crippen MR) is 179 cm³/mol. The van der Waals surface area contributed by atoms with Gasteiger partial charge in [-0.2, -0.15) is 0 Å². The maximum atomic E-state index is 11.8. The summed E-state index contributed by atoms with van der Waals surface area (Å²) >= 11 is 0. The molecule has 1 aromatic carbocycles. The first-order valence-corrected chi connectivity index (χ1v) is 17.1. The van der Waals surface area contributed by atoms with Gasteiger partial charge in [-0.15, -0.1) is 0 Å². The van der Waals surface area contributed by atoms with Gasteiger partial charge in [0, 0.05) is 56.5 Å². The summed E-state index contributed by atoms with van der Waals surface area (Å²) in [5.74, 6) is 1.68. The second-order valence-electron chi connectivity index (χ2n) is 12.9. The first-order valence-electron chi connectivity index (χ1n) is 17.1. The van der Waals surface area contributed by atoms with Crippen molar-refractivity contribution in [2.75, 3.05) is 39.3 Å². The van der Waals surface area contributed by atoms with E-state index in [0.717, 1.165) is 55.9 Å². The molecule has 0 unspecified atom stereocenters.